The van der Waals surface area contributed by atoms with Crippen molar-refractivity contribution in [2.45, 2.75) is 64.0 Å². The summed E-state index contributed by atoms with van der Waals surface area (Å²) in [5.74, 6) is 0.907. The minimum absolute atomic E-state index is 0.00725. The minimum atomic E-state index is -0.516. The van der Waals surface area contributed by atoms with Crippen molar-refractivity contribution in [3.8, 4) is 11.1 Å². The van der Waals surface area contributed by atoms with Crippen molar-refractivity contribution < 1.29 is 14.3 Å². The molecule has 0 aliphatic carbocycles. The highest BCUT2D eigenvalue weighted by Crippen LogP contribution is 2.41. The number of hydrogen-bond donors (Lipinski definition) is 1. The third kappa shape index (κ3) is 5.09. The van der Waals surface area contributed by atoms with Gasteiger partial charge in [0.1, 0.15) is 11.4 Å². The Morgan fingerprint density at radius 3 is 2.59 bits per heavy atom. The summed E-state index contributed by atoms with van der Waals surface area (Å²) < 4.78 is 12.1. The zero-order valence-electron chi connectivity index (χ0n) is 19.1. The first kappa shape index (κ1) is 23.1. The lowest BCUT2D eigenvalue weighted by molar-refractivity contribution is 0.0222. The number of nitrogens with two attached hydrogens (primary N) is 1. The molecule has 1 amide bonds. The van der Waals surface area contributed by atoms with E-state index in [0.29, 0.717) is 18.3 Å². The van der Waals surface area contributed by atoms with E-state index in [1.54, 1.807) is 6.20 Å². The summed E-state index contributed by atoms with van der Waals surface area (Å²) in [5, 5.41) is 0. The second-order valence-electron chi connectivity index (χ2n) is 9.65. The topological polar surface area (TPSA) is 77.7 Å². The van der Waals surface area contributed by atoms with E-state index >= 15 is 0 Å². The van der Waals surface area contributed by atoms with Crippen LogP contribution in [0.15, 0.2) is 34.9 Å². The predicted octanol–water partition coefficient (Wildman–Crippen LogP) is 6.06. The molecule has 3 heterocycles. The Labute approximate surface area is 198 Å². The van der Waals surface area contributed by atoms with E-state index in [4.69, 9.17) is 15.2 Å². The highest BCUT2D eigenvalue weighted by molar-refractivity contribution is 9.10. The van der Waals surface area contributed by atoms with Crippen molar-refractivity contribution >= 4 is 27.8 Å². The molecule has 0 radical (unpaired) electrons. The van der Waals surface area contributed by atoms with Gasteiger partial charge in [-0.3, -0.25) is 0 Å². The maximum absolute atomic E-state index is 13.0. The summed E-state index contributed by atoms with van der Waals surface area (Å²) in [4.78, 5) is 19.2. The number of anilines is 1. The van der Waals surface area contributed by atoms with E-state index in [1.807, 2.05) is 31.7 Å². The smallest absolute Gasteiger partial charge is 0.410 e. The van der Waals surface area contributed by atoms with Crippen LogP contribution in [0, 0.1) is 0 Å². The number of carbonyl (C=O) groups excluding carboxylic acids is 1. The Kier molecular flexibility index (Phi) is 6.77. The number of hydrogen-bond acceptors (Lipinski definition) is 5. The van der Waals surface area contributed by atoms with Gasteiger partial charge in [0.2, 0.25) is 0 Å². The van der Waals surface area contributed by atoms with Crippen LogP contribution in [-0.4, -0.2) is 41.3 Å². The van der Waals surface area contributed by atoms with Crippen molar-refractivity contribution in [1.29, 1.82) is 0 Å². The van der Waals surface area contributed by atoms with Gasteiger partial charge in [0, 0.05) is 31.5 Å². The highest BCUT2D eigenvalue weighted by atomic mass is 79.9. The molecule has 0 bridgehead atoms. The van der Waals surface area contributed by atoms with E-state index in [2.05, 4.69) is 39.1 Å². The molecule has 1 aromatic carbocycles. The summed E-state index contributed by atoms with van der Waals surface area (Å²) in [6.07, 6.45) is 5.47. The molecular weight excluding hydrogens is 470 g/mol. The number of nitrogen functional groups attached to an aromatic ring is 1. The molecule has 7 heteroatoms. The normalized spacial score (nSPS) is 19.9. The van der Waals surface area contributed by atoms with Crippen LogP contribution in [0.1, 0.15) is 69.5 Å². The predicted molar refractivity (Wildman–Crippen MR) is 129 cm³/mol. The Morgan fingerprint density at radius 1 is 1.16 bits per heavy atom. The number of amides is 1. The number of pyridine rings is 1. The number of aromatic nitrogens is 1. The van der Waals surface area contributed by atoms with Gasteiger partial charge in [0.05, 0.1) is 10.5 Å². The maximum atomic E-state index is 13.0. The van der Waals surface area contributed by atoms with Crippen LogP contribution in [0.4, 0.5) is 10.6 Å². The number of rotatable bonds is 3. The lowest BCUT2D eigenvalue weighted by atomic mass is 9.84. The zero-order valence-corrected chi connectivity index (χ0v) is 20.7. The van der Waals surface area contributed by atoms with E-state index in [9.17, 15) is 4.79 Å². The quantitative estimate of drug-likeness (QED) is 0.552. The molecule has 1 aromatic heterocycles. The van der Waals surface area contributed by atoms with E-state index in [1.165, 1.54) is 11.1 Å². The minimum Gasteiger partial charge on any atom is -0.444 e. The van der Waals surface area contributed by atoms with Gasteiger partial charge >= 0.3 is 6.09 Å². The first-order valence-electron chi connectivity index (χ1n) is 11.4. The molecule has 0 spiro atoms. The molecule has 172 valence electrons. The number of halogens is 1. The summed E-state index contributed by atoms with van der Waals surface area (Å²) in [7, 11) is 0. The molecule has 2 fully saturated rings. The first-order chi connectivity index (χ1) is 15.2. The van der Waals surface area contributed by atoms with Crippen LogP contribution in [0.5, 0.6) is 0 Å². The largest absolute Gasteiger partial charge is 0.444 e. The number of benzene rings is 1. The molecule has 2 aliphatic heterocycles. The molecule has 2 N–H and O–H groups in total. The molecule has 4 rings (SSSR count). The number of likely N-dealkylation sites (tertiary alicyclic amines) is 1. The molecule has 32 heavy (non-hydrogen) atoms. The van der Waals surface area contributed by atoms with Gasteiger partial charge in [-0.05, 0) is 97.1 Å². The fourth-order valence-electron chi connectivity index (χ4n) is 4.66. The van der Waals surface area contributed by atoms with Gasteiger partial charge < -0.3 is 20.1 Å². The second kappa shape index (κ2) is 9.40. The fourth-order valence-corrected chi connectivity index (χ4v) is 5.01. The number of ether oxygens (including phenoxy) is 2. The number of carbonyl (C=O) groups is 1. The Morgan fingerprint density at radius 2 is 1.91 bits per heavy atom. The average Bonchev–Trinajstić information content (AvgIpc) is 3.25. The van der Waals surface area contributed by atoms with E-state index in [0.717, 1.165) is 54.5 Å². The zero-order chi connectivity index (χ0) is 22.9. The maximum Gasteiger partial charge on any atom is 0.410 e. The van der Waals surface area contributed by atoms with Crippen LogP contribution in [0.25, 0.3) is 11.1 Å². The molecule has 6 nitrogen and oxygen atoms in total. The lowest BCUT2D eigenvalue weighted by Gasteiger charge is -2.32. The van der Waals surface area contributed by atoms with Crippen molar-refractivity contribution in [2.75, 3.05) is 25.5 Å². The van der Waals surface area contributed by atoms with Gasteiger partial charge in [0.25, 0.3) is 0 Å². The average molecular weight is 502 g/mol. The number of nitrogens with zero attached hydrogens (tertiary/aromatic N) is 2. The van der Waals surface area contributed by atoms with Gasteiger partial charge in [-0.25, -0.2) is 9.78 Å². The van der Waals surface area contributed by atoms with E-state index in [-0.39, 0.29) is 12.1 Å². The molecule has 0 unspecified atom stereocenters. The van der Waals surface area contributed by atoms with Crippen LogP contribution in [-0.2, 0) is 9.47 Å². The fraction of sp³-hybridized carbons (Fsp3) is 0.520. The molecular formula is C25H32BrN3O3. The third-order valence-corrected chi connectivity index (χ3v) is 6.83. The van der Waals surface area contributed by atoms with Crippen LogP contribution in [0.2, 0.25) is 0 Å². The molecule has 2 saturated heterocycles. The molecule has 2 aromatic rings. The first-order valence-corrected chi connectivity index (χ1v) is 12.1. The SMILES string of the molecule is CC(C)(C)OC(=O)N1CCC[C@H]1c1cc(-c2cnc(N)c(Br)c2)ccc1C1CCOCC1. The second-order valence-corrected chi connectivity index (χ2v) is 10.5. The Bertz CT molecular complexity index is 983. The van der Waals surface area contributed by atoms with Gasteiger partial charge in [0.15, 0.2) is 0 Å². The van der Waals surface area contributed by atoms with Gasteiger partial charge in [-0.2, -0.15) is 0 Å². The van der Waals surface area contributed by atoms with Crippen molar-refractivity contribution in [3.63, 3.8) is 0 Å². The lowest BCUT2D eigenvalue weighted by Crippen LogP contribution is -2.36. The summed E-state index contributed by atoms with van der Waals surface area (Å²) in [6, 6.07) is 8.62. The van der Waals surface area contributed by atoms with Gasteiger partial charge in [-0.1, -0.05) is 12.1 Å². The molecule has 1 atom stereocenters. The Balaban J connectivity index is 1.74. The standard InChI is InChI=1S/C25H32BrN3O3/c1-25(2,3)32-24(30)29-10-4-5-22(29)20-13-17(18-14-21(26)23(27)28-15-18)6-7-19(20)16-8-11-31-12-9-16/h6-7,13-16,22H,4-5,8-12H2,1-3H3,(H2,27,28)/t22-/m0/s1. The summed E-state index contributed by atoms with van der Waals surface area (Å²) >= 11 is 3.49. The molecule has 2 aliphatic rings. The highest BCUT2D eigenvalue weighted by Gasteiger charge is 2.35. The monoisotopic (exact) mass is 501 g/mol. The van der Waals surface area contributed by atoms with Crippen LogP contribution < -0.4 is 5.73 Å². The van der Waals surface area contributed by atoms with Crippen molar-refractivity contribution in [3.05, 3.63) is 46.1 Å². The van der Waals surface area contributed by atoms with E-state index < -0.39 is 5.60 Å². The summed E-state index contributed by atoms with van der Waals surface area (Å²) in [5.41, 5.74) is 9.97. The summed E-state index contributed by atoms with van der Waals surface area (Å²) in [6.45, 7) is 8.01. The van der Waals surface area contributed by atoms with Crippen LogP contribution in [0.3, 0.4) is 0 Å². The van der Waals surface area contributed by atoms with Crippen LogP contribution >= 0.6 is 15.9 Å². The Hall–Kier alpha value is -2.12. The van der Waals surface area contributed by atoms with Gasteiger partial charge in [-0.15, -0.1) is 0 Å². The van der Waals surface area contributed by atoms with Crippen molar-refractivity contribution in [2.24, 2.45) is 0 Å². The van der Waals surface area contributed by atoms with Crippen molar-refractivity contribution in [1.82, 2.24) is 9.88 Å². The molecule has 0 saturated carbocycles. The third-order valence-electron chi connectivity index (χ3n) is 6.19.